The molecule has 94 valence electrons. The van der Waals surface area contributed by atoms with E-state index in [0.29, 0.717) is 12.8 Å². The molecule has 1 fully saturated rings. The van der Waals surface area contributed by atoms with Crippen molar-refractivity contribution in [1.29, 1.82) is 0 Å². The summed E-state index contributed by atoms with van der Waals surface area (Å²) in [4.78, 5) is 3.52. The molecule has 0 saturated heterocycles. The van der Waals surface area contributed by atoms with Crippen LogP contribution in [-0.4, -0.2) is 23.9 Å². The molecule has 0 aromatic carbocycles. The first-order chi connectivity index (χ1) is 7.25. The maximum absolute atomic E-state index is 12.8. The van der Waals surface area contributed by atoms with Crippen molar-refractivity contribution in [2.24, 2.45) is 4.99 Å². The van der Waals surface area contributed by atoms with Crippen LogP contribution in [0.2, 0.25) is 0 Å². The van der Waals surface area contributed by atoms with Crippen LogP contribution >= 0.6 is 0 Å². The Morgan fingerprint density at radius 1 is 1.00 bits per heavy atom. The third-order valence-electron chi connectivity index (χ3n) is 2.76. The highest BCUT2D eigenvalue weighted by molar-refractivity contribution is 5.89. The summed E-state index contributed by atoms with van der Waals surface area (Å²) in [5.74, 6) is -4.80. The Hall–Kier alpha value is -0.680. The maximum atomic E-state index is 12.8. The molecule has 0 atom stereocenters. The van der Waals surface area contributed by atoms with Crippen LogP contribution in [0.25, 0.3) is 0 Å². The summed E-state index contributed by atoms with van der Waals surface area (Å²) >= 11 is 0. The number of nitrogens with zero attached hydrogens (tertiary/aromatic N) is 1. The van der Waals surface area contributed by atoms with Gasteiger partial charge in [0.1, 0.15) is 0 Å². The van der Waals surface area contributed by atoms with Crippen molar-refractivity contribution in [1.82, 2.24) is 0 Å². The summed E-state index contributed by atoms with van der Waals surface area (Å²) < 4.78 is 61.7. The third-order valence-corrected chi connectivity index (χ3v) is 2.76. The fourth-order valence-electron chi connectivity index (χ4n) is 1.77. The molecule has 0 unspecified atom stereocenters. The lowest BCUT2D eigenvalue weighted by Crippen LogP contribution is -2.43. The van der Waals surface area contributed by atoms with E-state index in [1.807, 2.05) is 0 Å². The molecule has 6 heteroatoms. The Morgan fingerprint density at radius 3 is 1.94 bits per heavy atom. The number of alkyl halides is 5. The van der Waals surface area contributed by atoms with E-state index < -0.39 is 17.8 Å². The second kappa shape index (κ2) is 4.67. The average molecular weight is 243 g/mol. The van der Waals surface area contributed by atoms with Crippen molar-refractivity contribution in [3.05, 3.63) is 0 Å². The SMILES string of the molecule is CC(=NC1CCCCC1)C(F)(F)C(F)(F)F. The van der Waals surface area contributed by atoms with Gasteiger partial charge in [-0.25, -0.2) is 0 Å². The first kappa shape index (κ1) is 13.4. The zero-order valence-corrected chi connectivity index (χ0v) is 8.95. The van der Waals surface area contributed by atoms with Crippen molar-refractivity contribution in [2.75, 3.05) is 0 Å². The lowest BCUT2D eigenvalue weighted by Gasteiger charge is -2.23. The molecule has 1 rings (SSSR count). The van der Waals surface area contributed by atoms with Gasteiger partial charge in [-0.05, 0) is 19.8 Å². The van der Waals surface area contributed by atoms with Gasteiger partial charge in [0.2, 0.25) is 0 Å². The van der Waals surface area contributed by atoms with E-state index in [9.17, 15) is 22.0 Å². The minimum atomic E-state index is -5.55. The molecule has 0 aliphatic heterocycles. The largest absolute Gasteiger partial charge is 0.459 e. The lowest BCUT2D eigenvalue weighted by atomic mass is 9.96. The van der Waals surface area contributed by atoms with E-state index in [-0.39, 0.29) is 6.04 Å². The van der Waals surface area contributed by atoms with E-state index >= 15 is 0 Å². The lowest BCUT2D eigenvalue weighted by molar-refractivity contribution is -0.249. The number of halogens is 5. The highest BCUT2D eigenvalue weighted by Gasteiger charge is 2.59. The van der Waals surface area contributed by atoms with Gasteiger partial charge >= 0.3 is 12.1 Å². The molecule has 0 radical (unpaired) electrons. The van der Waals surface area contributed by atoms with E-state index in [4.69, 9.17) is 0 Å². The summed E-state index contributed by atoms with van der Waals surface area (Å²) in [6, 6.07) is -0.373. The molecule has 0 N–H and O–H groups in total. The number of aliphatic imine (C=N–C) groups is 1. The smallest absolute Gasteiger partial charge is 0.284 e. The quantitative estimate of drug-likeness (QED) is 0.514. The molecule has 0 aromatic rings. The highest BCUT2D eigenvalue weighted by atomic mass is 19.4. The van der Waals surface area contributed by atoms with Gasteiger partial charge in [-0.15, -0.1) is 0 Å². The number of hydrogen-bond donors (Lipinski definition) is 0. The number of rotatable bonds is 2. The van der Waals surface area contributed by atoms with Crippen molar-refractivity contribution >= 4 is 5.71 Å². The molecule has 0 bridgehead atoms. The van der Waals surface area contributed by atoms with Crippen LogP contribution in [0.4, 0.5) is 22.0 Å². The van der Waals surface area contributed by atoms with Crippen LogP contribution in [0.15, 0.2) is 4.99 Å². The molecule has 0 spiro atoms. The van der Waals surface area contributed by atoms with Gasteiger partial charge in [-0.1, -0.05) is 19.3 Å². The second-order valence-corrected chi connectivity index (χ2v) is 4.08. The molecular weight excluding hydrogens is 229 g/mol. The van der Waals surface area contributed by atoms with Crippen LogP contribution in [0.5, 0.6) is 0 Å². The third kappa shape index (κ3) is 2.92. The van der Waals surface area contributed by atoms with E-state index in [0.717, 1.165) is 26.2 Å². The maximum Gasteiger partial charge on any atom is 0.459 e. The molecular formula is C10H14F5N. The molecule has 0 aromatic heterocycles. The number of hydrogen-bond acceptors (Lipinski definition) is 1. The van der Waals surface area contributed by atoms with Gasteiger partial charge in [-0.2, -0.15) is 22.0 Å². The first-order valence-corrected chi connectivity index (χ1v) is 5.24. The van der Waals surface area contributed by atoms with E-state index in [2.05, 4.69) is 4.99 Å². The predicted molar refractivity (Wildman–Crippen MR) is 51.0 cm³/mol. The molecule has 1 aliphatic rings. The van der Waals surface area contributed by atoms with Crippen molar-refractivity contribution in [3.63, 3.8) is 0 Å². The standard InChI is InChI=1S/C10H14F5N/c1-7(9(11,12)10(13,14)15)16-8-5-3-2-4-6-8/h8H,2-6H2,1H3. The Labute approximate surface area is 90.7 Å². The Morgan fingerprint density at radius 2 is 1.50 bits per heavy atom. The van der Waals surface area contributed by atoms with Gasteiger partial charge in [0.25, 0.3) is 0 Å². The minimum absolute atomic E-state index is 0.373. The van der Waals surface area contributed by atoms with Gasteiger partial charge in [0.15, 0.2) is 0 Å². The van der Waals surface area contributed by atoms with Crippen molar-refractivity contribution < 1.29 is 22.0 Å². The average Bonchev–Trinajstić information content (AvgIpc) is 2.17. The fraction of sp³-hybridized carbons (Fsp3) is 0.900. The molecule has 0 amide bonds. The zero-order chi connectivity index (χ0) is 12.4. The molecule has 1 saturated carbocycles. The molecule has 16 heavy (non-hydrogen) atoms. The first-order valence-electron chi connectivity index (χ1n) is 5.24. The topological polar surface area (TPSA) is 12.4 Å². The predicted octanol–water partition coefficient (Wildman–Crippen LogP) is 3.98. The second-order valence-electron chi connectivity index (χ2n) is 4.08. The van der Waals surface area contributed by atoms with Gasteiger partial charge in [0, 0.05) is 0 Å². The van der Waals surface area contributed by atoms with E-state index in [1.54, 1.807) is 0 Å². The Balaban J connectivity index is 2.75. The summed E-state index contributed by atoms with van der Waals surface area (Å²) in [7, 11) is 0. The molecule has 0 heterocycles. The highest BCUT2D eigenvalue weighted by Crippen LogP contribution is 2.37. The van der Waals surface area contributed by atoms with Crippen LogP contribution in [-0.2, 0) is 0 Å². The molecule has 1 nitrogen and oxygen atoms in total. The Bertz CT molecular complexity index is 263. The summed E-state index contributed by atoms with van der Waals surface area (Å²) in [5.41, 5.74) is -1.12. The van der Waals surface area contributed by atoms with Gasteiger partial charge in [-0.3, -0.25) is 4.99 Å². The van der Waals surface area contributed by atoms with Crippen LogP contribution in [0, 0.1) is 0 Å². The fourth-order valence-corrected chi connectivity index (χ4v) is 1.77. The monoisotopic (exact) mass is 243 g/mol. The van der Waals surface area contributed by atoms with Gasteiger partial charge in [0.05, 0.1) is 11.8 Å². The van der Waals surface area contributed by atoms with Crippen molar-refractivity contribution in [3.8, 4) is 0 Å². The van der Waals surface area contributed by atoms with Gasteiger partial charge < -0.3 is 0 Å². The normalized spacial score (nSPS) is 21.2. The Kier molecular flexibility index (Phi) is 3.91. The summed E-state index contributed by atoms with van der Waals surface area (Å²) in [5, 5.41) is 0. The van der Waals surface area contributed by atoms with Crippen molar-refractivity contribution in [2.45, 2.75) is 57.2 Å². The van der Waals surface area contributed by atoms with Crippen LogP contribution in [0.1, 0.15) is 39.0 Å². The summed E-state index contributed by atoms with van der Waals surface area (Å²) in [6.07, 6.45) is -1.65. The molecule has 1 aliphatic carbocycles. The van der Waals surface area contributed by atoms with Crippen LogP contribution < -0.4 is 0 Å². The summed E-state index contributed by atoms with van der Waals surface area (Å²) in [6.45, 7) is 0.752. The zero-order valence-electron chi connectivity index (χ0n) is 8.95. The van der Waals surface area contributed by atoms with Crippen LogP contribution in [0.3, 0.4) is 0 Å². The minimum Gasteiger partial charge on any atom is -0.284 e. The van der Waals surface area contributed by atoms with E-state index in [1.165, 1.54) is 0 Å².